The first kappa shape index (κ1) is 31.1. The standard InChI is InChI=1S/C33H33ClN4O5/c1-19(2)30(31(41)29-20(3)32(42)38-33(29)43)37-28(40)18-26(36-27(39)16-9-21-7-14-24(34)15-8-21)23-12-10-22(11-13-23)25-6-4-5-17-35-25/h4-17,19,26,30,38,42-43H,18H2,1-3H3,(H,36,39)(H,37,40)/t26?,30-/m0/s1. The Morgan fingerprint density at radius 3 is 2.23 bits per heavy atom. The molecule has 2 heterocycles. The van der Waals surface area contributed by atoms with Crippen LogP contribution < -0.4 is 10.6 Å². The predicted molar refractivity (Wildman–Crippen MR) is 166 cm³/mol. The van der Waals surface area contributed by atoms with Crippen molar-refractivity contribution in [2.24, 2.45) is 5.92 Å². The van der Waals surface area contributed by atoms with E-state index in [1.807, 2.05) is 42.5 Å². The topological polar surface area (TPSA) is 144 Å². The summed E-state index contributed by atoms with van der Waals surface area (Å²) in [4.78, 5) is 46.3. The van der Waals surface area contributed by atoms with E-state index in [1.54, 1.807) is 50.4 Å². The van der Waals surface area contributed by atoms with Gasteiger partial charge in [-0.1, -0.05) is 67.9 Å². The molecule has 0 aliphatic heterocycles. The molecule has 0 saturated carbocycles. The average molecular weight is 601 g/mol. The van der Waals surface area contributed by atoms with Crippen molar-refractivity contribution in [3.8, 4) is 23.0 Å². The quantitative estimate of drug-likeness (QED) is 0.110. The van der Waals surface area contributed by atoms with E-state index in [-0.39, 0.29) is 29.3 Å². The summed E-state index contributed by atoms with van der Waals surface area (Å²) in [6, 6.07) is 18.3. The van der Waals surface area contributed by atoms with Crippen molar-refractivity contribution < 1.29 is 24.6 Å². The Morgan fingerprint density at radius 2 is 1.65 bits per heavy atom. The van der Waals surface area contributed by atoms with Gasteiger partial charge in [0.25, 0.3) is 0 Å². The molecule has 222 valence electrons. The fourth-order valence-electron chi connectivity index (χ4n) is 4.61. The maximum absolute atomic E-state index is 13.4. The van der Waals surface area contributed by atoms with Gasteiger partial charge in [-0.3, -0.25) is 24.4 Å². The van der Waals surface area contributed by atoms with Crippen molar-refractivity contribution in [2.45, 2.75) is 39.3 Å². The summed E-state index contributed by atoms with van der Waals surface area (Å²) in [5, 5.41) is 26.3. The maximum atomic E-state index is 13.4. The number of nitrogens with one attached hydrogen (secondary N) is 3. The normalized spacial score (nSPS) is 12.7. The SMILES string of the molecule is Cc1c(O)[nH]c(O)c1C(=O)[C@@H](NC(=O)CC(NC(=O)C=Cc1ccc(Cl)cc1)c1ccc(-c2ccccn2)cc1)C(C)C. The first-order valence-electron chi connectivity index (χ1n) is 13.7. The molecule has 2 aromatic heterocycles. The third-order valence-electron chi connectivity index (χ3n) is 6.99. The molecular formula is C33H33ClN4O5. The molecule has 10 heteroatoms. The van der Waals surface area contributed by atoms with E-state index in [2.05, 4.69) is 20.6 Å². The summed E-state index contributed by atoms with van der Waals surface area (Å²) in [6.45, 7) is 5.02. The number of amides is 2. The van der Waals surface area contributed by atoms with Crippen molar-refractivity contribution in [3.63, 3.8) is 0 Å². The number of rotatable bonds is 11. The van der Waals surface area contributed by atoms with Gasteiger partial charge in [0.05, 0.1) is 29.8 Å². The second kappa shape index (κ2) is 13.8. The number of carbonyl (C=O) groups is 3. The summed E-state index contributed by atoms with van der Waals surface area (Å²) in [5.74, 6) is -2.56. The van der Waals surface area contributed by atoms with Gasteiger partial charge in [0.2, 0.25) is 17.7 Å². The molecule has 4 aromatic rings. The van der Waals surface area contributed by atoms with Crippen LogP contribution in [0.3, 0.4) is 0 Å². The fraction of sp³-hybridized carbons (Fsp3) is 0.212. The summed E-state index contributed by atoms with van der Waals surface area (Å²) >= 11 is 5.94. The molecule has 0 aliphatic carbocycles. The Bertz CT molecular complexity index is 1610. The van der Waals surface area contributed by atoms with Crippen LogP contribution >= 0.6 is 11.6 Å². The molecule has 5 N–H and O–H groups in total. The number of hydrogen-bond acceptors (Lipinski definition) is 6. The highest BCUT2D eigenvalue weighted by atomic mass is 35.5. The van der Waals surface area contributed by atoms with Crippen molar-refractivity contribution in [2.75, 3.05) is 0 Å². The van der Waals surface area contributed by atoms with Crippen LogP contribution in [0.15, 0.2) is 79.0 Å². The second-order valence-electron chi connectivity index (χ2n) is 10.5. The van der Waals surface area contributed by atoms with Gasteiger partial charge >= 0.3 is 0 Å². The monoisotopic (exact) mass is 600 g/mol. The highest BCUT2D eigenvalue weighted by Crippen LogP contribution is 2.30. The van der Waals surface area contributed by atoms with Gasteiger partial charge in [-0.05, 0) is 54.3 Å². The highest BCUT2D eigenvalue weighted by molar-refractivity contribution is 6.30. The van der Waals surface area contributed by atoms with Crippen LogP contribution in [-0.4, -0.2) is 43.8 Å². The number of pyridine rings is 1. The van der Waals surface area contributed by atoms with E-state index in [0.29, 0.717) is 10.6 Å². The lowest BCUT2D eigenvalue weighted by molar-refractivity contribution is -0.123. The van der Waals surface area contributed by atoms with Gasteiger partial charge in [-0.25, -0.2) is 0 Å². The zero-order chi connectivity index (χ0) is 31.1. The van der Waals surface area contributed by atoms with Crippen LogP contribution in [0.2, 0.25) is 5.02 Å². The van der Waals surface area contributed by atoms with Crippen LogP contribution in [0.1, 0.15) is 53.4 Å². The minimum Gasteiger partial charge on any atom is -0.494 e. The zero-order valence-corrected chi connectivity index (χ0v) is 24.7. The van der Waals surface area contributed by atoms with Crippen LogP contribution in [0.25, 0.3) is 17.3 Å². The number of hydrogen-bond donors (Lipinski definition) is 5. The average Bonchev–Trinajstić information content (AvgIpc) is 3.25. The molecule has 2 aromatic carbocycles. The third kappa shape index (κ3) is 7.90. The first-order chi connectivity index (χ1) is 20.5. The Hall–Kier alpha value is -4.89. The van der Waals surface area contributed by atoms with Gasteiger partial charge in [0.15, 0.2) is 11.7 Å². The molecule has 1 unspecified atom stereocenters. The molecule has 0 bridgehead atoms. The van der Waals surface area contributed by atoms with E-state index in [0.717, 1.165) is 16.8 Å². The van der Waals surface area contributed by atoms with Gasteiger partial charge in [0, 0.05) is 28.4 Å². The maximum Gasteiger partial charge on any atom is 0.244 e. The zero-order valence-electron chi connectivity index (χ0n) is 24.0. The van der Waals surface area contributed by atoms with E-state index in [4.69, 9.17) is 11.6 Å². The van der Waals surface area contributed by atoms with Crippen molar-refractivity contribution in [1.29, 1.82) is 0 Å². The smallest absolute Gasteiger partial charge is 0.244 e. The second-order valence-corrected chi connectivity index (χ2v) is 10.9. The lowest BCUT2D eigenvalue weighted by Crippen LogP contribution is -2.45. The van der Waals surface area contributed by atoms with Crippen LogP contribution in [0.5, 0.6) is 11.8 Å². The Morgan fingerprint density at radius 1 is 0.953 bits per heavy atom. The number of nitrogens with zero attached hydrogens (tertiary/aromatic N) is 1. The van der Waals surface area contributed by atoms with Gasteiger partial charge in [0.1, 0.15) is 0 Å². The number of aromatic amines is 1. The number of H-pyrrole nitrogens is 1. The van der Waals surface area contributed by atoms with Gasteiger partial charge in [-0.2, -0.15) is 0 Å². The third-order valence-corrected chi connectivity index (χ3v) is 7.24. The highest BCUT2D eigenvalue weighted by Gasteiger charge is 2.31. The predicted octanol–water partition coefficient (Wildman–Crippen LogP) is 5.73. The summed E-state index contributed by atoms with van der Waals surface area (Å²) in [5.41, 5.74) is 3.22. The fourth-order valence-corrected chi connectivity index (χ4v) is 4.74. The molecule has 0 radical (unpaired) electrons. The number of ketones is 1. The number of aromatic hydroxyl groups is 2. The molecule has 2 atom stereocenters. The summed E-state index contributed by atoms with van der Waals surface area (Å²) < 4.78 is 0. The molecule has 0 fully saturated rings. The van der Waals surface area contributed by atoms with Crippen LogP contribution in [-0.2, 0) is 9.59 Å². The molecule has 0 saturated heterocycles. The first-order valence-corrected chi connectivity index (χ1v) is 14.1. The van der Waals surface area contributed by atoms with E-state index in [1.165, 1.54) is 13.0 Å². The largest absolute Gasteiger partial charge is 0.494 e. The van der Waals surface area contributed by atoms with Gasteiger partial charge < -0.3 is 20.8 Å². The molecule has 2 amide bonds. The Balaban J connectivity index is 1.55. The van der Waals surface area contributed by atoms with Crippen LogP contribution in [0.4, 0.5) is 0 Å². The number of benzene rings is 2. The number of carbonyl (C=O) groups excluding carboxylic acids is 3. The van der Waals surface area contributed by atoms with Crippen molar-refractivity contribution in [3.05, 3.63) is 106 Å². The lowest BCUT2D eigenvalue weighted by Gasteiger charge is -2.24. The molecule has 43 heavy (non-hydrogen) atoms. The van der Waals surface area contributed by atoms with Crippen molar-refractivity contribution in [1.82, 2.24) is 20.6 Å². The van der Waals surface area contributed by atoms with E-state index in [9.17, 15) is 24.6 Å². The number of aromatic nitrogens is 2. The summed E-state index contributed by atoms with van der Waals surface area (Å²) in [6.07, 6.45) is 4.55. The molecule has 0 spiro atoms. The van der Waals surface area contributed by atoms with E-state index < -0.39 is 35.6 Å². The van der Waals surface area contributed by atoms with Gasteiger partial charge in [-0.15, -0.1) is 0 Å². The molecule has 4 rings (SSSR count). The van der Waals surface area contributed by atoms with E-state index >= 15 is 0 Å². The number of halogens is 1. The Kier molecular flexibility index (Phi) is 10.0. The summed E-state index contributed by atoms with van der Waals surface area (Å²) in [7, 11) is 0. The van der Waals surface area contributed by atoms with Crippen LogP contribution in [0, 0.1) is 12.8 Å². The Labute approximate surface area is 254 Å². The molecule has 0 aliphatic rings. The van der Waals surface area contributed by atoms with Crippen molar-refractivity contribution >= 4 is 35.3 Å². The molecule has 9 nitrogen and oxygen atoms in total. The minimum absolute atomic E-state index is 0.0844. The minimum atomic E-state index is -0.986. The number of Topliss-reactive ketones (excluding diaryl/α,β-unsaturated/α-hetero) is 1. The lowest BCUT2D eigenvalue weighted by atomic mass is 9.93. The molecular weight excluding hydrogens is 568 g/mol.